The Morgan fingerprint density at radius 3 is 2.32 bits per heavy atom. The lowest BCUT2D eigenvalue weighted by atomic mass is 10.1. The summed E-state index contributed by atoms with van der Waals surface area (Å²) < 4.78 is 2.26. The molecule has 1 aromatic heterocycles. The van der Waals surface area contributed by atoms with Gasteiger partial charge in [-0.3, -0.25) is 0 Å². The van der Waals surface area contributed by atoms with Gasteiger partial charge in [-0.2, -0.15) is 0 Å². The third-order valence-corrected chi connectivity index (χ3v) is 3.61. The molecule has 1 heterocycles. The molecule has 19 heavy (non-hydrogen) atoms. The van der Waals surface area contributed by atoms with Gasteiger partial charge >= 0.3 is 0 Å². The third-order valence-electron chi connectivity index (χ3n) is 3.61. The van der Waals surface area contributed by atoms with Crippen molar-refractivity contribution >= 4 is 16.6 Å². The van der Waals surface area contributed by atoms with Gasteiger partial charge < -0.3 is 9.47 Å². The highest BCUT2D eigenvalue weighted by molar-refractivity contribution is 5.89. The van der Waals surface area contributed by atoms with E-state index in [9.17, 15) is 0 Å². The van der Waals surface area contributed by atoms with E-state index in [4.69, 9.17) is 0 Å². The van der Waals surface area contributed by atoms with Crippen LogP contribution in [0, 0.1) is 0 Å². The highest BCUT2D eigenvalue weighted by Crippen LogP contribution is 2.33. The van der Waals surface area contributed by atoms with Gasteiger partial charge in [0.15, 0.2) is 0 Å². The Balaban J connectivity index is 2.28. The maximum atomic E-state index is 2.26. The lowest BCUT2D eigenvalue weighted by Gasteiger charge is -2.17. The molecule has 0 aliphatic heterocycles. The van der Waals surface area contributed by atoms with E-state index in [0.29, 0.717) is 0 Å². The number of hydrogen-bond acceptors (Lipinski definition) is 1. The fourth-order valence-corrected chi connectivity index (χ4v) is 2.63. The van der Waals surface area contributed by atoms with E-state index in [1.807, 2.05) is 0 Å². The number of nitrogens with zero attached hydrogens (tertiary/aromatic N) is 2. The van der Waals surface area contributed by atoms with Crippen molar-refractivity contribution in [3.8, 4) is 11.3 Å². The predicted octanol–water partition coefficient (Wildman–Crippen LogP) is 3.91. The average Bonchev–Trinajstić information content (AvgIpc) is 2.76. The van der Waals surface area contributed by atoms with Crippen molar-refractivity contribution in [3.63, 3.8) is 0 Å². The van der Waals surface area contributed by atoms with Crippen LogP contribution in [0.15, 0.2) is 54.6 Å². The molecule has 0 fully saturated rings. The van der Waals surface area contributed by atoms with E-state index in [1.54, 1.807) is 0 Å². The second-order valence-electron chi connectivity index (χ2n) is 5.06. The fourth-order valence-electron chi connectivity index (χ4n) is 2.63. The normalized spacial score (nSPS) is 10.9. The average molecular weight is 250 g/mol. The number of aromatic nitrogens is 1. The fraction of sp³-hybridized carbons (Fsp3) is 0.176. The Morgan fingerprint density at radius 2 is 1.58 bits per heavy atom. The van der Waals surface area contributed by atoms with Crippen LogP contribution in [0.25, 0.3) is 22.2 Å². The van der Waals surface area contributed by atoms with Gasteiger partial charge in [0, 0.05) is 43.3 Å². The first-order chi connectivity index (χ1) is 9.18. The minimum Gasteiger partial charge on any atom is -0.377 e. The van der Waals surface area contributed by atoms with Crippen LogP contribution in [-0.4, -0.2) is 18.7 Å². The van der Waals surface area contributed by atoms with Gasteiger partial charge in [-0.1, -0.05) is 36.4 Å². The zero-order valence-corrected chi connectivity index (χ0v) is 11.6. The summed E-state index contributed by atoms with van der Waals surface area (Å²) in [5, 5.41) is 1.29. The predicted molar refractivity (Wildman–Crippen MR) is 82.7 cm³/mol. The summed E-state index contributed by atoms with van der Waals surface area (Å²) in [4.78, 5) is 2.16. The molecule has 0 radical (unpaired) electrons. The molecule has 96 valence electrons. The molecular weight excluding hydrogens is 232 g/mol. The van der Waals surface area contributed by atoms with Gasteiger partial charge in [0.1, 0.15) is 0 Å². The van der Waals surface area contributed by atoms with Gasteiger partial charge in [-0.05, 0) is 18.2 Å². The van der Waals surface area contributed by atoms with Crippen molar-refractivity contribution in [2.24, 2.45) is 7.05 Å². The van der Waals surface area contributed by atoms with Crippen LogP contribution in [-0.2, 0) is 7.05 Å². The van der Waals surface area contributed by atoms with E-state index in [-0.39, 0.29) is 0 Å². The number of aryl methyl sites for hydroxylation is 1. The molecule has 2 aromatic carbocycles. The summed E-state index contributed by atoms with van der Waals surface area (Å²) in [6.45, 7) is 0. The Labute approximate surface area is 113 Å². The van der Waals surface area contributed by atoms with E-state index in [2.05, 4.69) is 85.2 Å². The first-order valence-electron chi connectivity index (χ1n) is 6.49. The number of hydrogen-bond donors (Lipinski definition) is 0. The monoisotopic (exact) mass is 250 g/mol. The Hall–Kier alpha value is -2.22. The van der Waals surface area contributed by atoms with Crippen LogP contribution < -0.4 is 4.90 Å². The number of anilines is 1. The van der Waals surface area contributed by atoms with E-state index in [1.165, 1.54) is 27.8 Å². The second kappa shape index (κ2) is 4.47. The largest absolute Gasteiger partial charge is 0.377 e. The van der Waals surface area contributed by atoms with Crippen molar-refractivity contribution in [2.45, 2.75) is 0 Å². The molecular formula is C17H18N2. The molecule has 0 bridgehead atoms. The van der Waals surface area contributed by atoms with Crippen LogP contribution in [0.2, 0.25) is 0 Å². The SMILES string of the molecule is CN(C)c1ccccc1-c1cc2ccccc2n1C. The second-order valence-corrected chi connectivity index (χ2v) is 5.06. The summed E-state index contributed by atoms with van der Waals surface area (Å²) in [6.07, 6.45) is 0. The van der Waals surface area contributed by atoms with Crippen LogP contribution in [0.3, 0.4) is 0 Å². The van der Waals surface area contributed by atoms with Crippen LogP contribution >= 0.6 is 0 Å². The number of para-hydroxylation sites is 2. The lowest BCUT2D eigenvalue weighted by Crippen LogP contribution is -2.10. The molecule has 0 atom stereocenters. The first kappa shape index (κ1) is 11.8. The quantitative estimate of drug-likeness (QED) is 0.669. The third kappa shape index (κ3) is 1.89. The summed E-state index contributed by atoms with van der Waals surface area (Å²) in [6, 6.07) is 19.3. The molecule has 0 saturated heterocycles. The molecule has 0 N–H and O–H groups in total. The molecule has 0 spiro atoms. The molecule has 2 heteroatoms. The van der Waals surface area contributed by atoms with Gasteiger partial charge in [0.2, 0.25) is 0 Å². The molecule has 0 aliphatic rings. The molecule has 0 unspecified atom stereocenters. The molecule has 2 nitrogen and oxygen atoms in total. The Morgan fingerprint density at radius 1 is 0.895 bits per heavy atom. The minimum absolute atomic E-state index is 1.24. The highest BCUT2D eigenvalue weighted by Gasteiger charge is 2.11. The smallest absolute Gasteiger partial charge is 0.0509 e. The molecule has 0 aliphatic carbocycles. The molecule has 0 saturated carbocycles. The van der Waals surface area contributed by atoms with Crippen molar-refractivity contribution in [1.82, 2.24) is 4.57 Å². The number of rotatable bonds is 2. The summed E-state index contributed by atoms with van der Waals surface area (Å²) >= 11 is 0. The van der Waals surface area contributed by atoms with Crippen molar-refractivity contribution in [1.29, 1.82) is 0 Å². The van der Waals surface area contributed by atoms with Gasteiger partial charge in [0.05, 0.1) is 5.69 Å². The topological polar surface area (TPSA) is 8.17 Å². The standard InChI is InChI=1S/C17H18N2/c1-18(2)16-11-7-5-9-14(16)17-12-13-8-4-6-10-15(13)19(17)3/h4-12H,1-3H3. The van der Waals surface area contributed by atoms with Gasteiger partial charge in [-0.25, -0.2) is 0 Å². The maximum absolute atomic E-state index is 2.26. The Kier molecular flexibility index (Phi) is 2.79. The maximum Gasteiger partial charge on any atom is 0.0509 e. The zero-order chi connectivity index (χ0) is 13.4. The number of benzene rings is 2. The van der Waals surface area contributed by atoms with Gasteiger partial charge in [-0.15, -0.1) is 0 Å². The minimum atomic E-state index is 1.24. The Bertz CT molecular complexity index is 723. The number of fused-ring (bicyclic) bond motifs is 1. The lowest BCUT2D eigenvalue weighted by molar-refractivity contribution is 0.976. The molecule has 3 rings (SSSR count). The van der Waals surface area contributed by atoms with Crippen molar-refractivity contribution in [2.75, 3.05) is 19.0 Å². The van der Waals surface area contributed by atoms with Crippen molar-refractivity contribution in [3.05, 3.63) is 54.6 Å². The van der Waals surface area contributed by atoms with E-state index < -0.39 is 0 Å². The van der Waals surface area contributed by atoms with E-state index >= 15 is 0 Å². The van der Waals surface area contributed by atoms with Crippen molar-refractivity contribution < 1.29 is 0 Å². The van der Waals surface area contributed by atoms with Gasteiger partial charge in [0.25, 0.3) is 0 Å². The summed E-state index contributed by atoms with van der Waals surface area (Å²) in [7, 11) is 6.30. The summed E-state index contributed by atoms with van der Waals surface area (Å²) in [5.74, 6) is 0. The van der Waals surface area contributed by atoms with Crippen LogP contribution in [0.1, 0.15) is 0 Å². The van der Waals surface area contributed by atoms with Crippen LogP contribution in [0.4, 0.5) is 5.69 Å². The molecule has 3 aromatic rings. The molecule has 0 amide bonds. The zero-order valence-electron chi connectivity index (χ0n) is 11.6. The summed E-state index contributed by atoms with van der Waals surface area (Å²) in [5.41, 5.74) is 5.04. The highest BCUT2D eigenvalue weighted by atomic mass is 15.1. The van der Waals surface area contributed by atoms with Crippen LogP contribution in [0.5, 0.6) is 0 Å². The first-order valence-corrected chi connectivity index (χ1v) is 6.49. The van der Waals surface area contributed by atoms with E-state index in [0.717, 1.165) is 0 Å².